The molecule has 1 saturated heterocycles. The maximum absolute atomic E-state index is 11.1. The van der Waals surface area contributed by atoms with Crippen LogP contribution in [0.2, 0.25) is 0 Å². The first-order valence-corrected chi connectivity index (χ1v) is 8.45. The second-order valence-electron chi connectivity index (χ2n) is 5.94. The summed E-state index contributed by atoms with van der Waals surface area (Å²) in [6.07, 6.45) is 2.80. The molecule has 0 spiro atoms. The van der Waals surface area contributed by atoms with Crippen LogP contribution in [0.3, 0.4) is 0 Å². The van der Waals surface area contributed by atoms with Crippen molar-refractivity contribution in [3.63, 3.8) is 0 Å². The molecule has 0 amide bonds. The first-order chi connectivity index (χ1) is 12.2. The maximum atomic E-state index is 11.1. The third kappa shape index (κ3) is 4.37. The van der Waals surface area contributed by atoms with Crippen molar-refractivity contribution in [2.45, 2.75) is 19.8 Å². The van der Waals surface area contributed by atoms with Crippen molar-refractivity contribution in [1.82, 2.24) is 9.97 Å². The van der Waals surface area contributed by atoms with E-state index in [2.05, 4.69) is 20.2 Å². The predicted octanol–water partition coefficient (Wildman–Crippen LogP) is 2.92. The van der Waals surface area contributed by atoms with Crippen LogP contribution in [0.15, 0.2) is 36.7 Å². The largest absolute Gasteiger partial charge is 0.494 e. The number of piperidine rings is 1. The third-order valence-electron chi connectivity index (χ3n) is 4.26. The molecule has 1 aliphatic rings. The number of nitrogens with one attached hydrogen (secondary N) is 1. The minimum atomic E-state index is -0.708. The van der Waals surface area contributed by atoms with Gasteiger partial charge in [-0.1, -0.05) is 0 Å². The number of nitrogens with zero attached hydrogens (tertiary/aromatic N) is 3. The summed E-state index contributed by atoms with van der Waals surface area (Å²) in [5.74, 6) is 1.39. The molecule has 1 aliphatic heterocycles. The lowest BCUT2D eigenvalue weighted by Gasteiger charge is -2.31. The van der Waals surface area contributed by atoms with E-state index in [0.29, 0.717) is 38.4 Å². The number of aromatic nitrogens is 2. The molecule has 2 aromatic rings. The Morgan fingerprint density at radius 1 is 1.28 bits per heavy atom. The number of ether oxygens (including phenoxy) is 1. The van der Waals surface area contributed by atoms with Crippen LogP contribution in [-0.4, -0.2) is 40.7 Å². The Balaban J connectivity index is 1.64. The molecule has 132 valence electrons. The average molecular weight is 342 g/mol. The first kappa shape index (κ1) is 17.0. The number of aliphatic carboxylic acids is 1. The summed E-state index contributed by atoms with van der Waals surface area (Å²) in [6, 6.07) is 9.57. The van der Waals surface area contributed by atoms with E-state index in [1.807, 2.05) is 37.3 Å². The number of carboxylic acids is 1. The lowest BCUT2D eigenvalue weighted by Crippen LogP contribution is -2.36. The highest BCUT2D eigenvalue weighted by molar-refractivity contribution is 5.70. The Hall–Kier alpha value is -2.83. The molecule has 7 heteroatoms. The second-order valence-corrected chi connectivity index (χ2v) is 5.94. The van der Waals surface area contributed by atoms with Gasteiger partial charge in [-0.05, 0) is 44.0 Å². The summed E-state index contributed by atoms with van der Waals surface area (Å²) in [6.45, 7) is 3.97. The van der Waals surface area contributed by atoms with Gasteiger partial charge in [0.25, 0.3) is 0 Å². The van der Waals surface area contributed by atoms with E-state index in [9.17, 15) is 4.79 Å². The van der Waals surface area contributed by atoms with Crippen LogP contribution in [0, 0.1) is 5.92 Å². The van der Waals surface area contributed by atoms with Gasteiger partial charge in [0.15, 0.2) is 0 Å². The van der Waals surface area contributed by atoms with Gasteiger partial charge >= 0.3 is 5.97 Å². The number of anilines is 3. The summed E-state index contributed by atoms with van der Waals surface area (Å²) >= 11 is 0. The van der Waals surface area contributed by atoms with Crippen molar-refractivity contribution in [1.29, 1.82) is 0 Å². The number of rotatable bonds is 6. The molecule has 7 nitrogen and oxygen atoms in total. The lowest BCUT2D eigenvalue weighted by molar-refractivity contribution is -0.142. The van der Waals surface area contributed by atoms with Crippen molar-refractivity contribution in [2.75, 3.05) is 29.9 Å². The molecular formula is C18H22N4O3. The minimum Gasteiger partial charge on any atom is -0.494 e. The summed E-state index contributed by atoms with van der Waals surface area (Å²) in [5.41, 5.74) is 0.915. The smallest absolute Gasteiger partial charge is 0.306 e. The van der Waals surface area contributed by atoms with Gasteiger partial charge in [0, 0.05) is 24.8 Å². The zero-order chi connectivity index (χ0) is 17.6. The van der Waals surface area contributed by atoms with Crippen LogP contribution in [0.1, 0.15) is 19.8 Å². The van der Waals surface area contributed by atoms with Gasteiger partial charge in [-0.3, -0.25) is 4.79 Å². The van der Waals surface area contributed by atoms with Crippen molar-refractivity contribution < 1.29 is 14.6 Å². The molecular weight excluding hydrogens is 320 g/mol. The maximum Gasteiger partial charge on any atom is 0.306 e. The zero-order valence-corrected chi connectivity index (χ0v) is 14.2. The van der Waals surface area contributed by atoms with E-state index >= 15 is 0 Å². The molecule has 0 aliphatic carbocycles. The van der Waals surface area contributed by atoms with E-state index in [0.717, 1.165) is 17.3 Å². The molecule has 0 atom stereocenters. The SMILES string of the molecule is CCOc1ccc(Nc2cc(N3CCC(C(=O)O)CC3)ncn2)cc1. The quantitative estimate of drug-likeness (QED) is 0.834. The van der Waals surface area contributed by atoms with Crippen LogP contribution >= 0.6 is 0 Å². The molecule has 0 radical (unpaired) electrons. The highest BCUT2D eigenvalue weighted by Gasteiger charge is 2.25. The van der Waals surface area contributed by atoms with Crippen molar-refractivity contribution in [3.05, 3.63) is 36.7 Å². The summed E-state index contributed by atoms with van der Waals surface area (Å²) in [7, 11) is 0. The fraction of sp³-hybridized carbons (Fsp3) is 0.389. The summed E-state index contributed by atoms with van der Waals surface area (Å²) < 4.78 is 5.43. The van der Waals surface area contributed by atoms with E-state index in [-0.39, 0.29) is 5.92 Å². The fourth-order valence-electron chi connectivity index (χ4n) is 2.89. The van der Waals surface area contributed by atoms with Gasteiger partial charge in [-0.15, -0.1) is 0 Å². The third-order valence-corrected chi connectivity index (χ3v) is 4.26. The Morgan fingerprint density at radius 3 is 2.64 bits per heavy atom. The standard InChI is InChI=1S/C18H22N4O3/c1-2-25-15-5-3-14(4-6-15)21-16-11-17(20-12-19-16)22-9-7-13(8-10-22)18(23)24/h3-6,11-13H,2,7-10H2,1H3,(H,23,24)(H,19,20,21). The Bertz CT molecular complexity index is 713. The number of benzene rings is 1. The van der Waals surface area contributed by atoms with Gasteiger partial charge in [0.2, 0.25) is 0 Å². The van der Waals surface area contributed by atoms with Crippen molar-refractivity contribution in [2.24, 2.45) is 5.92 Å². The van der Waals surface area contributed by atoms with Crippen LogP contribution in [0.5, 0.6) is 5.75 Å². The van der Waals surface area contributed by atoms with Gasteiger partial charge in [0.1, 0.15) is 23.7 Å². The number of hydrogen-bond acceptors (Lipinski definition) is 6. The van der Waals surface area contributed by atoms with Crippen LogP contribution in [0.4, 0.5) is 17.3 Å². The lowest BCUT2D eigenvalue weighted by atomic mass is 9.97. The molecule has 3 rings (SSSR count). The number of hydrogen-bond donors (Lipinski definition) is 2. The Kier molecular flexibility index (Phi) is 5.33. The minimum absolute atomic E-state index is 0.250. The van der Waals surface area contributed by atoms with Crippen LogP contribution < -0.4 is 15.0 Å². The zero-order valence-electron chi connectivity index (χ0n) is 14.2. The topological polar surface area (TPSA) is 87.6 Å². The average Bonchev–Trinajstić information content (AvgIpc) is 2.64. The molecule has 1 aromatic carbocycles. The molecule has 0 saturated carbocycles. The van der Waals surface area contributed by atoms with Gasteiger partial charge < -0.3 is 20.1 Å². The van der Waals surface area contributed by atoms with Gasteiger partial charge in [-0.25, -0.2) is 9.97 Å². The number of carbonyl (C=O) groups is 1. The number of carboxylic acid groups (broad SMARTS) is 1. The molecule has 2 N–H and O–H groups in total. The summed E-state index contributed by atoms with van der Waals surface area (Å²) in [5, 5.41) is 12.3. The molecule has 0 bridgehead atoms. The van der Waals surface area contributed by atoms with Crippen molar-refractivity contribution in [3.8, 4) is 5.75 Å². The highest BCUT2D eigenvalue weighted by Crippen LogP contribution is 2.24. The van der Waals surface area contributed by atoms with Crippen molar-refractivity contribution >= 4 is 23.3 Å². The molecule has 25 heavy (non-hydrogen) atoms. The summed E-state index contributed by atoms with van der Waals surface area (Å²) in [4.78, 5) is 21.7. The predicted molar refractivity (Wildman–Crippen MR) is 95.5 cm³/mol. The fourth-order valence-corrected chi connectivity index (χ4v) is 2.89. The molecule has 1 aromatic heterocycles. The van der Waals surface area contributed by atoms with E-state index < -0.39 is 5.97 Å². The van der Waals surface area contributed by atoms with E-state index in [1.165, 1.54) is 6.33 Å². The van der Waals surface area contributed by atoms with E-state index in [1.54, 1.807) is 0 Å². The molecule has 2 heterocycles. The normalized spacial score (nSPS) is 15.0. The molecule has 1 fully saturated rings. The Labute approximate surface area is 146 Å². The monoisotopic (exact) mass is 342 g/mol. The van der Waals surface area contributed by atoms with E-state index in [4.69, 9.17) is 9.84 Å². The van der Waals surface area contributed by atoms with Crippen LogP contribution in [-0.2, 0) is 4.79 Å². The van der Waals surface area contributed by atoms with Crippen LogP contribution in [0.25, 0.3) is 0 Å². The highest BCUT2D eigenvalue weighted by atomic mass is 16.5. The molecule has 0 unspecified atom stereocenters. The second kappa shape index (κ2) is 7.83. The first-order valence-electron chi connectivity index (χ1n) is 8.45. The van der Waals surface area contributed by atoms with Gasteiger partial charge in [0.05, 0.1) is 12.5 Å². The Morgan fingerprint density at radius 2 is 2.00 bits per heavy atom. The van der Waals surface area contributed by atoms with Gasteiger partial charge in [-0.2, -0.15) is 0 Å².